The highest BCUT2D eigenvalue weighted by Gasteiger charge is 2.28. The average molecular weight is 1910 g/mol. The van der Waals surface area contributed by atoms with Crippen LogP contribution in [0.25, 0.3) is 0 Å². The fourth-order valence-corrected chi connectivity index (χ4v) is 17.4. The van der Waals surface area contributed by atoms with E-state index in [2.05, 4.69) is 411 Å². The third-order valence-electron chi connectivity index (χ3n) is 30.9. The van der Waals surface area contributed by atoms with Crippen molar-refractivity contribution >= 4 is 0 Å². The zero-order valence-corrected chi connectivity index (χ0v) is 106. The number of hydrogen-bond acceptors (Lipinski definition) is 0. The average Bonchev–Trinajstić information content (AvgIpc) is 1.69. The van der Waals surface area contributed by atoms with Gasteiger partial charge in [-0.2, -0.15) is 0 Å². The fraction of sp³-hybridized carbons (Fsp3) is 0.525. The van der Waals surface area contributed by atoms with Crippen molar-refractivity contribution in [2.24, 2.45) is 0 Å². The topological polar surface area (TPSA) is 0 Å². The first kappa shape index (κ1) is 153. The Morgan fingerprint density at radius 2 is 0.137 bits per heavy atom. The summed E-state index contributed by atoms with van der Waals surface area (Å²) in [5, 5.41) is 0. The van der Waals surface area contributed by atoms with Crippen molar-refractivity contribution in [2.75, 3.05) is 0 Å². The molecule has 0 atom stereocenters. The van der Waals surface area contributed by atoms with E-state index in [0.29, 0.717) is 0 Å². The van der Waals surface area contributed by atoms with Gasteiger partial charge in [0.2, 0.25) is 0 Å². The van der Waals surface area contributed by atoms with Crippen LogP contribution in [0.3, 0.4) is 0 Å². The van der Waals surface area contributed by atoms with Gasteiger partial charge in [-0.25, -0.2) is 0 Å². The lowest BCUT2D eigenvalue weighted by Crippen LogP contribution is -1.98. The number of hydrogen-bond donors (Lipinski definition) is 0. The molecule has 0 N–H and O–H groups in total. The molecule has 12 rings (SSSR count). The summed E-state index contributed by atoms with van der Waals surface area (Å²) >= 11 is 0. The molecule has 0 saturated heterocycles. The predicted molar refractivity (Wildman–Crippen MR) is 661 cm³/mol. The van der Waals surface area contributed by atoms with Crippen LogP contribution in [0.2, 0.25) is 0 Å². The van der Waals surface area contributed by atoms with E-state index >= 15 is 0 Å². The van der Waals surface area contributed by atoms with Crippen LogP contribution in [0, 0.1) is 125 Å². The summed E-state index contributed by atoms with van der Waals surface area (Å²) < 4.78 is 0. The molecule has 0 spiro atoms. The maximum absolute atomic E-state index is 3.00. The van der Waals surface area contributed by atoms with Crippen LogP contribution in [-0.2, 0) is 0 Å². The highest BCUT2D eigenvalue weighted by atomic mass is 14.3. The molecule has 0 heterocycles. The second-order valence-electron chi connectivity index (χ2n) is 36.3. The normalized spacial score (nSPS) is 14.8. The monoisotopic (exact) mass is 1900 g/mol. The van der Waals surface area contributed by atoms with E-state index in [0.717, 1.165) is 0 Å². The van der Waals surface area contributed by atoms with Crippen molar-refractivity contribution in [1.29, 1.82) is 0 Å². The Hall–Kier alpha value is -8.58. The van der Waals surface area contributed by atoms with Crippen molar-refractivity contribution in [1.82, 2.24) is 0 Å². The summed E-state index contributed by atoms with van der Waals surface area (Å²) in [4.78, 5) is 0. The molecule has 0 aliphatic heterocycles. The van der Waals surface area contributed by atoms with E-state index in [1.807, 2.05) is 111 Å². The van der Waals surface area contributed by atoms with Gasteiger partial charge in [0, 0.05) is 0 Å². The van der Waals surface area contributed by atoms with Gasteiger partial charge in [-0.15, -0.1) is 78.9 Å². The Kier molecular flexibility index (Phi) is 89.2. The van der Waals surface area contributed by atoms with Gasteiger partial charge in [-0.3, -0.25) is 0 Å². The Morgan fingerprint density at radius 3 is 0.173 bits per heavy atom. The Labute approximate surface area is 874 Å². The van der Waals surface area contributed by atoms with E-state index in [4.69, 9.17) is 0 Å². The molecule has 0 saturated carbocycles. The summed E-state index contributed by atoms with van der Waals surface area (Å²) in [5.41, 5.74) is 81.6. The maximum Gasteiger partial charge on any atom is -0.00584 e. The number of benzene rings is 3. The molecule has 0 amide bonds. The quantitative estimate of drug-likeness (QED) is 0.229. The Balaban J connectivity index is -0.000000143. The number of allylic oxidation sites excluding steroid dienone is 36. The van der Waals surface area contributed by atoms with Gasteiger partial charge in [0.15, 0.2) is 0 Å². The molecule has 0 aromatic heterocycles. The molecule has 9 aliphatic carbocycles. The molecular weight excluding hydrogens is 1670 g/mol. The van der Waals surface area contributed by atoms with Crippen LogP contribution in [-0.4, -0.2) is 0 Å². The molecular formula is C139H234. The molecule has 0 nitrogen and oxygen atoms in total. The first-order valence-corrected chi connectivity index (χ1v) is 53.4. The van der Waals surface area contributed by atoms with Gasteiger partial charge in [0.05, 0.1) is 0 Å². The molecule has 0 heteroatoms. The van der Waals surface area contributed by atoms with Crippen LogP contribution in [0.15, 0.2) is 280 Å². The predicted octanol–water partition coefficient (Wildman–Crippen LogP) is 48.1. The molecule has 0 bridgehead atoms. The van der Waals surface area contributed by atoms with Gasteiger partial charge >= 0.3 is 0 Å². The maximum atomic E-state index is 3.00. The van der Waals surface area contributed by atoms with E-state index in [1.54, 1.807) is 100 Å². The molecule has 0 fully saturated rings. The summed E-state index contributed by atoms with van der Waals surface area (Å²) in [7, 11) is 0. The molecule has 3 aromatic carbocycles. The molecule has 9 aliphatic rings. The minimum absolute atomic E-state index is 1.17. The van der Waals surface area contributed by atoms with Crippen LogP contribution in [0.5, 0.6) is 0 Å². The van der Waals surface area contributed by atoms with Crippen molar-refractivity contribution in [3.05, 3.63) is 380 Å². The third-order valence-corrected chi connectivity index (χ3v) is 30.9. The summed E-state index contributed by atoms with van der Waals surface area (Å²) in [6.45, 7) is 175. The molecule has 3 aromatic rings. The second kappa shape index (κ2) is 80.9. The Morgan fingerprint density at radius 1 is 0.0863 bits per heavy atom. The van der Waals surface area contributed by atoms with E-state index in [9.17, 15) is 0 Å². The Bertz CT molecular complexity index is 3980. The smallest absolute Gasteiger partial charge is 0.00584 e. The minimum Gasteiger partial charge on any atom is -0.106 e. The third kappa shape index (κ3) is 43.6. The molecule has 790 valence electrons. The minimum atomic E-state index is 1.17. The summed E-state index contributed by atoms with van der Waals surface area (Å²) in [6.07, 6.45) is 10.6. The van der Waals surface area contributed by atoms with E-state index in [-0.39, 0.29) is 0 Å². The van der Waals surface area contributed by atoms with Gasteiger partial charge in [-0.1, -0.05) is 178 Å². The lowest BCUT2D eigenvalue weighted by atomic mass is 9.90. The fourth-order valence-electron chi connectivity index (χ4n) is 17.4. The standard InChI is InChI=1S/3C16H22.3C12H18.3C9H14.8C2H6.6C2H4/c3*1-9-7-15(13(5)11(9)3)16-8-10(2)12(4)14(16)6;3*1-7-8(2)10(4)12(6)11(5)9(7)3;3*1-6-5-7(2)9(4)8(6)3;14*1-2/h3*7-8H2,1-6H3;3*1-6H3;3*5H2,1-4H3;8*1-2H3;6*1-2H2. The van der Waals surface area contributed by atoms with Crippen LogP contribution < -0.4 is 0 Å². The lowest BCUT2D eigenvalue weighted by molar-refractivity contribution is 1.07. The second-order valence-corrected chi connectivity index (χ2v) is 36.3. The zero-order chi connectivity index (χ0) is 114. The van der Waals surface area contributed by atoms with Crippen molar-refractivity contribution in [3.8, 4) is 0 Å². The van der Waals surface area contributed by atoms with Gasteiger partial charge in [0.25, 0.3) is 0 Å². The van der Waals surface area contributed by atoms with Gasteiger partial charge < -0.3 is 0 Å². The summed E-state index contributed by atoms with van der Waals surface area (Å²) in [5.74, 6) is 0. The largest absolute Gasteiger partial charge is 0.106 e. The molecule has 0 radical (unpaired) electrons. The first-order valence-electron chi connectivity index (χ1n) is 53.4. The first-order chi connectivity index (χ1) is 65.1. The van der Waals surface area contributed by atoms with E-state index < -0.39 is 0 Å². The van der Waals surface area contributed by atoms with Crippen LogP contribution in [0.4, 0.5) is 0 Å². The summed E-state index contributed by atoms with van der Waals surface area (Å²) in [6, 6.07) is 0. The van der Waals surface area contributed by atoms with Crippen molar-refractivity contribution in [3.63, 3.8) is 0 Å². The van der Waals surface area contributed by atoms with E-state index in [1.165, 1.54) is 258 Å². The van der Waals surface area contributed by atoms with Gasteiger partial charge in [-0.05, 0) is 624 Å². The zero-order valence-electron chi connectivity index (χ0n) is 106. The molecule has 0 unspecified atom stereocenters. The highest BCUT2D eigenvalue weighted by molar-refractivity contribution is 5.64. The van der Waals surface area contributed by atoms with Gasteiger partial charge in [0.1, 0.15) is 0 Å². The van der Waals surface area contributed by atoms with Crippen LogP contribution >= 0.6 is 0 Å². The number of rotatable bonds is 3. The SMILES string of the molecule is C=C.C=C.C=C.C=C.C=C.C=C.CC.CC.CC.CC.CC.CC.CC.CC.CC1=C(C)C(C)=C(C)C1.CC1=C(C)C(C)=C(C)C1.CC1=C(C)C(C)=C(C)C1.CC1=C(C)C(C)=C(C2=C(C)C(C)=C(C)C2)C1.CC1=C(C)C(C)=C(C2=C(C)C(C)=C(C)C2)C1.CC1=C(C)C(C)=C(C2=C(C)C(C)=C(C)C2)C1.Cc1c(C)c(C)c(C)c(C)c1C.Cc1c(C)c(C)c(C)c(C)c1C.Cc1c(C)c(C)c(C)c(C)c1C. The van der Waals surface area contributed by atoms with Crippen molar-refractivity contribution in [2.45, 2.75) is 501 Å². The lowest BCUT2D eigenvalue weighted by Gasteiger charge is -2.15. The highest BCUT2D eigenvalue weighted by Crippen LogP contribution is 2.47. The van der Waals surface area contributed by atoms with Crippen molar-refractivity contribution < 1.29 is 0 Å². The molecule has 139 heavy (non-hydrogen) atoms. The van der Waals surface area contributed by atoms with Crippen LogP contribution in [0.1, 0.15) is 476 Å².